The molecular formula is C22H23ClN2O3. The van der Waals surface area contributed by atoms with E-state index >= 15 is 0 Å². The first-order chi connectivity index (χ1) is 13.7. The van der Waals surface area contributed by atoms with Crippen LogP contribution >= 0.6 is 11.6 Å². The molecule has 0 aliphatic carbocycles. The molecule has 1 fully saturated rings. The van der Waals surface area contributed by atoms with Gasteiger partial charge in [-0.1, -0.05) is 41.9 Å². The number of rotatable bonds is 5. The zero-order valence-electron chi connectivity index (χ0n) is 15.8. The van der Waals surface area contributed by atoms with Gasteiger partial charge in [0.2, 0.25) is 0 Å². The molecule has 1 aliphatic heterocycles. The topological polar surface area (TPSA) is 43.7 Å². The molecule has 2 aromatic carbocycles. The van der Waals surface area contributed by atoms with Crippen LogP contribution in [0.4, 0.5) is 0 Å². The first-order valence-corrected chi connectivity index (χ1v) is 9.78. The average Bonchev–Trinajstić information content (AvgIpc) is 3.09. The third kappa shape index (κ3) is 3.78. The summed E-state index contributed by atoms with van der Waals surface area (Å²) in [6, 6.07) is 17.7. The fourth-order valence-corrected chi connectivity index (χ4v) is 3.89. The van der Waals surface area contributed by atoms with Crippen molar-refractivity contribution in [1.82, 2.24) is 9.47 Å². The summed E-state index contributed by atoms with van der Waals surface area (Å²) in [6.45, 7) is 2.77. The Bertz CT molecular complexity index is 971. The first-order valence-electron chi connectivity index (χ1n) is 9.41. The Morgan fingerprint density at radius 3 is 2.82 bits per heavy atom. The van der Waals surface area contributed by atoms with Gasteiger partial charge in [0, 0.05) is 36.1 Å². The van der Waals surface area contributed by atoms with E-state index in [1.807, 2.05) is 64.1 Å². The summed E-state index contributed by atoms with van der Waals surface area (Å²) in [6.07, 6.45) is -0.106. The molecule has 0 bridgehead atoms. The molecular weight excluding hydrogens is 376 g/mol. The standard InChI is InChI=1S/C22H23ClN2O3/c1-27-11-10-25-19-8-7-18(23)13-17(19)14-20(25)22(26)24-9-12-28-21(15-24)16-5-3-2-4-6-16/h2-8,13-14,21H,9-12,15H2,1H3/t21-/m1/s1. The van der Waals surface area contributed by atoms with Gasteiger partial charge in [0.25, 0.3) is 5.91 Å². The van der Waals surface area contributed by atoms with E-state index in [0.29, 0.717) is 43.6 Å². The highest BCUT2D eigenvalue weighted by Crippen LogP contribution is 2.27. The monoisotopic (exact) mass is 398 g/mol. The number of nitrogens with zero attached hydrogens (tertiary/aromatic N) is 2. The number of aromatic nitrogens is 1. The molecule has 146 valence electrons. The van der Waals surface area contributed by atoms with Crippen molar-refractivity contribution in [3.05, 3.63) is 70.9 Å². The van der Waals surface area contributed by atoms with Crippen LogP contribution in [0.15, 0.2) is 54.6 Å². The Labute approximate surface area is 169 Å². The van der Waals surface area contributed by atoms with Gasteiger partial charge >= 0.3 is 0 Å². The Kier molecular flexibility index (Phi) is 5.67. The molecule has 0 N–H and O–H groups in total. The van der Waals surface area contributed by atoms with E-state index in [9.17, 15) is 4.79 Å². The molecule has 3 aromatic rings. The van der Waals surface area contributed by atoms with Crippen LogP contribution in [0.5, 0.6) is 0 Å². The van der Waals surface area contributed by atoms with E-state index in [1.165, 1.54) is 0 Å². The fraction of sp³-hybridized carbons (Fsp3) is 0.318. The van der Waals surface area contributed by atoms with Crippen molar-refractivity contribution in [1.29, 1.82) is 0 Å². The maximum Gasteiger partial charge on any atom is 0.270 e. The molecule has 0 radical (unpaired) electrons. The largest absolute Gasteiger partial charge is 0.383 e. The maximum absolute atomic E-state index is 13.4. The summed E-state index contributed by atoms with van der Waals surface area (Å²) in [7, 11) is 1.66. The molecule has 0 saturated carbocycles. The average molecular weight is 399 g/mol. The van der Waals surface area contributed by atoms with E-state index in [2.05, 4.69) is 0 Å². The van der Waals surface area contributed by atoms with E-state index in [4.69, 9.17) is 21.1 Å². The van der Waals surface area contributed by atoms with Gasteiger partial charge in [0.1, 0.15) is 11.8 Å². The van der Waals surface area contributed by atoms with Crippen LogP contribution in [-0.2, 0) is 16.0 Å². The molecule has 1 aromatic heterocycles. The summed E-state index contributed by atoms with van der Waals surface area (Å²) in [4.78, 5) is 15.3. The van der Waals surface area contributed by atoms with E-state index in [0.717, 1.165) is 16.5 Å². The number of morpholine rings is 1. The number of hydrogen-bond acceptors (Lipinski definition) is 3. The van der Waals surface area contributed by atoms with Gasteiger partial charge in [-0.25, -0.2) is 0 Å². The summed E-state index contributed by atoms with van der Waals surface area (Å²) in [5, 5.41) is 1.62. The molecule has 4 rings (SSSR count). The molecule has 0 unspecified atom stereocenters. The normalized spacial score (nSPS) is 17.2. The minimum atomic E-state index is -0.106. The number of fused-ring (bicyclic) bond motifs is 1. The molecule has 5 nitrogen and oxygen atoms in total. The fourth-order valence-electron chi connectivity index (χ4n) is 3.71. The van der Waals surface area contributed by atoms with Gasteiger partial charge < -0.3 is 18.9 Å². The van der Waals surface area contributed by atoms with Crippen molar-refractivity contribution in [2.45, 2.75) is 12.6 Å². The lowest BCUT2D eigenvalue weighted by Gasteiger charge is -2.33. The lowest BCUT2D eigenvalue weighted by atomic mass is 10.1. The van der Waals surface area contributed by atoms with E-state index in [-0.39, 0.29) is 12.0 Å². The number of amides is 1. The summed E-state index contributed by atoms with van der Waals surface area (Å²) in [5.74, 6) is 0.00709. The van der Waals surface area contributed by atoms with Crippen LogP contribution in [0.2, 0.25) is 5.02 Å². The number of benzene rings is 2. The van der Waals surface area contributed by atoms with Crippen LogP contribution in [0, 0.1) is 0 Å². The summed E-state index contributed by atoms with van der Waals surface area (Å²) < 4.78 is 13.2. The predicted molar refractivity (Wildman–Crippen MR) is 110 cm³/mol. The van der Waals surface area contributed by atoms with Crippen LogP contribution in [-0.4, -0.2) is 48.8 Å². The van der Waals surface area contributed by atoms with Gasteiger partial charge in [-0.3, -0.25) is 4.79 Å². The van der Waals surface area contributed by atoms with Crippen LogP contribution in [0.25, 0.3) is 10.9 Å². The number of methoxy groups -OCH3 is 1. The summed E-state index contributed by atoms with van der Waals surface area (Å²) >= 11 is 6.15. The highest BCUT2D eigenvalue weighted by Gasteiger charge is 2.28. The van der Waals surface area contributed by atoms with Crippen molar-refractivity contribution >= 4 is 28.4 Å². The van der Waals surface area contributed by atoms with Gasteiger partial charge in [-0.15, -0.1) is 0 Å². The van der Waals surface area contributed by atoms with Crippen molar-refractivity contribution in [3.8, 4) is 0 Å². The van der Waals surface area contributed by atoms with E-state index < -0.39 is 0 Å². The van der Waals surface area contributed by atoms with Crippen LogP contribution < -0.4 is 0 Å². The Balaban J connectivity index is 1.64. The molecule has 6 heteroatoms. The first kappa shape index (κ1) is 19.0. The van der Waals surface area contributed by atoms with E-state index in [1.54, 1.807) is 7.11 Å². The van der Waals surface area contributed by atoms with Gasteiger partial charge in [0.05, 0.1) is 19.8 Å². The quantitative estimate of drug-likeness (QED) is 0.648. The molecule has 1 atom stereocenters. The zero-order chi connectivity index (χ0) is 19.5. The predicted octanol–water partition coefficient (Wildman–Crippen LogP) is 4.15. The van der Waals surface area contributed by atoms with Crippen molar-refractivity contribution in [2.75, 3.05) is 33.4 Å². The molecule has 1 aliphatic rings. The number of carbonyl (C=O) groups is 1. The molecule has 0 spiro atoms. The molecule has 1 amide bonds. The summed E-state index contributed by atoms with van der Waals surface area (Å²) in [5.41, 5.74) is 2.73. The van der Waals surface area contributed by atoms with Crippen LogP contribution in [0.1, 0.15) is 22.2 Å². The number of ether oxygens (including phenoxy) is 2. The van der Waals surface area contributed by atoms with Gasteiger partial charge in [0.15, 0.2) is 0 Å². The highest BCUT2D eigenvalue weighted by atomic mass is 35.5. The minimum Gasteiger partial charge on any atom is -0.383 e. The molecule has 2 heterocycles. The smallest absolute Gasteiger partial charge is 0.270 e. The lowest BCUT2D eigenvalue weighted by molar-refractivity contribution is -0.0231. The maximum atomic E-state index is 13.4. The SMILES string of the molecule is COCCn1c(C(=O)N2CCO[C@@H](c3ccccc3)C2)cc2cc(Cl)ccc21. The number of carbonyl (C=O) groups excluding carboxylic acids is 1. The second-order valence-electron chi connectivity index (χ2n) is 6.90. The van der Waals surface area contributed by atoms with Crippen molar-refractivity contribution in [3.63, 3.8) is 0 Å². The minimum absolute atomic E-state index is 0.00709. The molecule has 28 heavy (non-hydrogen) atoms. The highest BCUT2D eigenvalue weighted by molar-refractivity contribution is 6.31. The van der Waals surface area contributed by atoms with Gasteiger partial charge in [-0.05, 0) is 29.8 Å². The Morgan fingerprint density at radius 2 is 2.04 bits per heavy atom. The van der Waals surface area contributed by atoms with Crippen molar-refractivity contribution < 1.29 is 14.3 Å². The second kappa shape index (κ2) is 8.35. The molecule has 1 saturated heterocycles. The second-order valence-corrected chi connectivity index (χ2v) is 7.33. The number of halogens is 1. The van der Waals surface area contributed by atoms with Gasteiger partial charge in [-0.2, -0.15) is 0 Å². The van der Waals surface area contributed by atoms with Crippen LogP contribution in [0.3, 0.4) is 0 Å². The third-order valence-corrected chi connectivity index (χ3v) is 5.36. The van der Waals surface area contributed by atoms with Crippen molar-refractivity contribution in [2.24, 2.45) is 0 Å². The zero-order valence-corrected chi connectivity index (χ0v) is 16.6. The number of hydrogen-bond donors (Lipinski definition) is 0. The lowest BCUT2D eigenvalue weighted by Crippen LogP contribution is -2.43. The third-order valence-electron chi connectivity index (χ3n) is 5.13. The Morgan fingerprint density at radius 1 is 1.21 bits per heavy atom. The Hall–Kier alpha value is -2.34.